The van der Waals surface area contributed by atoms with Crippen molar-refractivity contribution in [3.05, 3.63) is 57.2 Å². The van der Waals surface area contributed by atoms with E-state index in [9.17, 15) is 39.2 Å². The number of anilines is 1. The third kappa shape index (κ3) is 3.44. The summed E-state index contributed by atoms with van der Waals surface area (Å²) < 4.78 is 121. The molecule has 33 heavy (non-hydrogen) atoms. The summed E-state index contributed by atoms with van der Waals surface area (Å²) in [5.41, 5.74) is -7.56. The zero-order valence-electron chi connectivity index (χ0n) is 16.5. The monoisotopic (exact) mass is 608 g/mol. The standard InChI is InChI=1S/C20H16F7IN2O2S/c21-18(19(22,23)24,20(25,26)27)11-1-6-14-15(9-11)30-10-16-17(14,7-8-29-16)33(31,32)13-4-2-12(28)3-5-13/h1-6,9,16,29-30H,7-8,10H2. The molecule has 0 spiro atoms. The summed E-state index contributed by atoms with van der Waals surface area (Å²) in [7, 11) is -4.14. The van der Waals surface area contributed by atoms with Crippen LogP contribution < -0.4 is 10.6 Å². The first kappa shape index (κ1) is 24.5. The maximum atomic E-state index is 14.6. The molecule has 0 aliphatic carbocycles. The van der Waals surface area contributed by atoms with Crippen LogP contribution in [-0.4, -0.2) is 39.9 Å². The Balaban J connectivity index is 1.92. The summed E-state index contributed by atoms with van der Waals surface area (Å²) >= 11 is 2.00. The number of sulfone groups is 1. The lowest BCUT2D eigenvalue weighted by Crippen LogP contribution is -2.53. The molecule has 0 saturated carbocycles. The van der Waals surface area contributed by atoms with E-state index in [1.165, 1.54) is 12.1 Å². The van der Waals surface area contributed by atoms with Crippen molar-refractivity contribution in [2.75, 3.05) is 18.4 Å². The Kier molecular flexibility index (Phi) is 5.72. The van der Waals surface area contributed by atoms with Gasteiger partial charge < -0.3 is 10.6 Å². The summed E-state index contributed by atoms with van der Waals surface area (Å²) in [4.78, 5) is -0.0287. The van der Waals surface area contributed by atoms with Crippen molar-refractivity contribution in [1.82, 2.24) is 5.32 Å². The van der Waals surface area contributed by atoms with E-state index >= 15 is 0 Å². The largest absolute Gasteiger partial charge is 0.435 e. The Morgan fingerprint density at radius 1 is 0.939 bits per heavy atom. The van der Waals surface area contributed by atoms with Crippen molar-refractivity contribution >= 4 is 38.1 Å². The van der Waals surface area contributed by atoms with E-state index in [1.54, 1.807) is 12.1 Å². The molecule has 2 aromatic rings. The molecular formula is C20H16F7IN2O2S. The third-order valence-corrected chi connectivity index (χ3v) is 9.48. The SMILES string of the molecule is O=S(=O)(c1ccc(I)cc1)C12CCNC1CNc1cc(C(F)(C(F)(F)F)C(F)(F)F)ccc12. The van der Waals surface area contributed by atoms with E-state index in [0.717, 1.165) is 9.64 Å². The molecular weight excluding hydrogens is 592 g/mol. The molecule has 2 atom stereocenters. The molecule has 2 aliphatic heterocycles. The number of nitrogens with one attached hydrogen (secondary N) is 2. The van der Waals surface area contributed by atoms with Gasteiger partial charge in [0.05, 0.1) is 4.90 Å². The normalized spacial score (nSPS) is 23.6. The minimum Gasteiger partial charge on any atom is -0.383 e. The Labute approximate surface area is 198 Å². The molecule has 2 N–H and O–H groups in total. The number of hydrogen-bond donors (Lipinski definition) is 2. The molecule has 180 valence electrons. The van der Waals surface area contributed by atoms with Crippen LogP contribution in [0.5, 0.6) is 0 Å². The van der Waals surface area contributed by atoms with Crippen molar-refractivity contribution in [2.45, 2.75) is 40.1 Å². The van der Waals surface area contributed by atoms with Gasteiger partial charge in [-0.05, 0) is 71.5 Å². The first-order valence-electron chi connectivity index (χ1n) is 9.61. The second-order valence-electron chi connectivity index (χ2n) is 7.90. The number of fused-ring (bicyclic) bond motifs is 3. The molecule has 0 amide bonds. The van der Waals surface area contributed by atoms with Crippen molar-refractivity contribution in [3.8, 4) is 0 Å². The van der Waals surface area contributed by atoms with Crippen LogP contribution in [0.15, 0.2) is 47.4 Å². The highest BCUT2D eigenvalue weighted by molar-refractivity contribution is 14.1. The van der Waals surface area contributed by atoms with E-state index < -0.39 is 44.2 Å². The van der Waals surface area contributed by atoms with Crippen LogP contribution in [0.2, 0.25) is 0 Å². The van der Waals surface area contributed by atoms with E-state index in [4.69, 9.17) is 0 Å². The lowest BCUT2D eigenvalue weighted by molar-refractivity contribution is -0.348. The van der Waals surface area contributed by atoms with Crippen LogP contribution in [0.3, 0.4) is 0 Å². The van der Waals surface area contributed by atoms with Crippen LogP contribution in [0.4, 0.5) is 36.4 Å². The van der Waals surface area contributed by atoms with Gasteiger partial charge in [-0.1, -0.05) is 12.1 Å². The minimum absolute atomic E-state index is 0.00208. The molecule has 0 bridgehead atoms. The number of benzene rings is 2. The Morgan fingerprint density at radius 2 is 1.55 bits per heavy atom. The Morgan fingerprint density at radius 3 is 2.12 bits per heavy atom. The highest BCUT2D eigenvalue weighted by Crippen LogP contribution is 2.55. The summed E-state index contributed by atoms with van der Waals surface area (Å²) in [5, 5.41) is 5.72. The van der Waals surface area contributed by atoms with Gasteiger partial charge in [0, 0.05) is 27.4 Å². The zero-order chi connectivity index (χ0) is 24.4. The average Bonchev–Trinajstić information content (AvgIpc) is 3.17. The maximum Gasteiger partial charge on any atom is 0.435 e. The van der Waals surface area contributed by atoms with Gasteiger partial charge in [0.25, 0.3) is 0 Å². The van der Waals surface area contributed by atoms with Gasteiger partial charge in [-0.3, -0.25) is 0 Å². The number of halogens is 8. The predicted octanol–water partition coefficient (Wildman–Crippen LogP) is 5.04. The molecule has 4 rings (SSSR count). The average molecular weight is 608 g/mol. The molecule has 0 radical (unpaired) electrons. The number of alkyl halides is 7. The van der Waals surface area contributed by atoms with Crippen LogP contribution in [-0.2, 0) is 20.3 Å². The number of rotatable bonds is 3. The summed E-state index contributed by atoms with van der Waals surface area (Å²) in [6, 6.07) is 6.90. The predicted molar refractivity (Wildman–Crippen MR) is 114 cm³/mol. The summed E-state index contributed by atoms with van der Waals surface area (Å²) in [6.07, 6.45) is -12.5. The van der Waals surface area contributed by atoms with Gasteiger partial charge in [0.2, 0.25) is 0 Å². The van der Waals surface area contributed by atoms with Gasteiger partial charge in [0.15, 0.2) is 9.84 Å². The smallest absolute Gasteiger partial charge is 0.383 e. The van der Waals surface area contributed by atoms with Gasteiger partial charge in [-0.25, -0.2) is 12.8 Å². The van der Waals surface area contributed by atoms with Gasteiger partial charge in [-0.15, -0.1) is 0 Å². The first-order valence-corrected chi connectivity index (χ1v) is 12.2. The lowest BCUT2D eigenvalue weighted by atomic mass is 9.83. The van der Waals surface area contributed by atoms with Crippen molar-refractivity contribution in [1.29, 1.82) is 0 Å². The molecule has 4 nitrogen and oxygen atoms in total. The zero-order valence-corrected chi connectivity index (χ0v) is 19.5. The van der Waals surface area contributed by atoms with Gasteiger partial charge in [-0.2, -0.15) is 26.3 Å². The van der Waals surface area contributed by atoms with Crippen LogP contribution in [0.1, 0.15) is 17.5 Å². The van der Waals surface area contributed by atoms with E-state index in [-0.39, 0.29) is 35.7 Å². The summed E-state index contributed by atoms with van der Waals surface area (Å²) in [5.74, 6) is 0. The minimum atomic E-state index is -6.27. The second kappa shape index (κ2) is 7.70. The molecule has 2 heterocycles. The summed E-state index contributed by atoms with van der Waals surface area (Å²) in [6.45, 7) is 0.173. The van der Waals surface area contributed by atoms with Crippen molar-refractivity contribution in [3.63, 3.8) is 0 Å². The highest BCUT2D eigenvalue weighted by Gasteiger charge is 2.73. The molecule has 2 aliphatic rings. The van der Waals surface area contributed by atoms with Crippen LogP contribution in [0.25, 0.3) is 0 Å². The maximum absolute atomic E-state index is 14.6. The first-order chi connectivity index (χ1) is 15.2. The molecule has 13 heteroatoms. The van der Waals surface area contributed by atoms with E-state index in [0.29, 0.717) is 12.1 Å². The highest BCUT2D eigenvalue weighted by atomic mass is 127. The quantitative estimate of drug-likeness (QED) is 0.379. The second-order valence-corrected chi connectivity index (χ2v) is 11.4. The van der Waals surface area contributed by atoms with Crippen molar-refractivity contribution < 1.29 is 39.2 Å². The van der Waals surface area contributed by atoms with Gasteiger partial charge in [0.1, 0.15) is 4.75 Å². The Hall–Kier alpha value is -1.61. The lowest BCUT2D eigenvalue weighted by Gasteiger charge is -2.41. The topological polar surface area (TPSA) is 58.2 Å². The molecule has 2 aromatic carbocycles. The molecule has 1 fully saturated rings. The molecule has 0 aromatic heterocycles. The van der Waals surface area contributed by atoms with E-state index in [2.05, 4.69) is 10.6 Å². The van der Waals surface area contributed by atoms with Gasteiger partial charge >= 0.3 is 18.0 Å². The molecule has 1 saturated heterocycles. The fourth-order valence-electron chi connectivity index (χ4n) is 4.59. The van der Waals surface area contributed by atoms with Crippen molar-refractivity contribution in [2.24, 2.45) is 0 Å². The third-order valence-electron chi connectivity index (χ3n) is 6.20. The molecule has 2 unspecified atom stereocenters. The van der Waals surface area contributed by atoms with E-state index in [1.807, 2.05) is 22.6 Å². The fourth-order valence-corrected chi connectivity index (χ4v) is 7.25. The van der Waals surface area contributed by atoms with Crippen LogP contribution >= 0.6 is 22.6 Å². The Bertz CT molecular complexity index is 1170. The fraction of sp³-hybridized carbons (Fsp3) is 0.400. The number of hydrogen-bond acceptors (Lipinski definition) is 4. The van der Waals surface area contributed by atoms with Crippen LogP contribution in [0, 0.1) is 3.57 Å².